The second-order valence-corrected chi connectivity index (χ2v) is 6.80. The molecule has 0 N–H and O–H groups in total. The number of halogens is 5. The van der Waals surface area contributed by atoms with Crippen molar-refractivity contribution in [2.45, 2.75) is 12.2 Å². The highest BCUT2D eigenvalue weighted by Crippen LogP contribution is 2.31. The molecular formula is C19H13F5N4O2. The normalized spacial score (nSPS) is 14.8. The first-order valence-corrected chi connectivity index (χ1v) is 8.67. The molecule has 0 saturated carbocycles. The number of likely N-dealkylation sites (tertiary alicyclic amines) is 1. The van der Waals surface area contributed by atoms with Crippen molar-refractivity contribution < 1.29 is 26.7 Å². The standard InChI is InChI=1S/C19H13F5N4O2/c1-10(20)17(29)26-8-14(9-26)28-16-15(6-12(21)7-25-16)27(18(28)30)13-4-2-11(3-5-13)19(22,23)24/h2-7,14H,1,8-9H2. The van der Waals surface area contributed by atoms with Crippen LogP contribution in [0.4, 0.5) is 22.0 Å². The van der Waals surface area contributed by atoms with Gasteiger partial charge in [0.05, 0.1) is 29.0 Å². The fourth-order valence-corrected chi connectivity index (χ4v) is 3.41. The van der Waals surface area contributed by atoms with Gasteiger partial charge in [-0.15, -0.1) is 0 Å². The number of nitrogens with zero attached hydrogens (tertiary/aromatic N) is 4. The number of carbonyl (C=O) groups excluding carboxylic acids is 1. The van der Waals surface area contributed by atoms with Gasteiger partial charge < -0.3 is 4.90 Å². The fourth-order valence-electron chi connectivity index (χ4n) is 3.41. The highest BCUT2D eigenvalue weighted by Gasteiger charge is 2.36. The Balaban J connectivity index is 1.80. The van der Waals surface area contributed by atoms with Gasteiger partial charge in [-0.25, -0.2) is 18.6 Å². The van der Waals surface area contributed by atoms with E-state index in [4.69, 9.17) is 0 Å². The van der Waals surface area contributed by atoms with Crippen molar-refractivity contribution in [1.82, 2.24) is 19.0 Å². The maximum atomic E-state index is 13.8. The molecule has 0 atom stereocenters. The minimum absolute atomic E-state index is 0.00681. The highest BCUT2D eigenvalue weighted by molar-refractivity contribution is 5.91. The van der Waals surface area contributed by atoms with Crippen LogP contribution in [0.5, 0.6) is 0 Å². The summed E-state index contributed by atoms with van der Waals surface area (Å²) in [6.07, 6.45) is -3.64. The molecule has 30 heavy (non-hydrogen) atoms. The largest absolute Gasteiger partial charge is 0.416 e. The molecule has 1 aliphatic heterocycles. The second kappa shape index (κ2) is 6.78. The van der Waals surface area contributed by atoms with Crippen molar-refractivity contribution in [1.29, 1.82) is 0 Å². The molecule has 0 radical (unpaired) electrons. The molecule has 1 amide bonds. The van der Waals surface area contributed by atoms with Gasteiger partial charge in [0.2, 0.25) is 0 Å². The van der Waals surface area contributed by atoms with Gasteiger partial charge in [-0.05, 0) is 24.3 Å². The summed E-state index contributed by atoms with van der Waals surface area (Å²) in [5.74, 6) is -2.77. The lowest BCUT2D eigenvalue weighted by Gasteiger charge is -2.38. The molecular weight excluding hydrogens is 411 g/mol. The Labute approximate surface area is 165 Å². The summed E-state index contributed by atoms with van der Waals surface area (Å²) >= 11 is 0. The van der Waals surface area contributed by atoms with Crippen molar-refractivity contribution in [2.75, 3.05) is 13.1 Å². The summed E-state index contributed by atoms with van der Waals surface area (Å²) < 4.78 is 67.6. The monoisotopic (exact) mass is 424 g/mol. The molecule has 0 spiro atoms. The van der Waals surface area contributed by atoms with E-state index in [0.29, 0.717) is 0 Å². The number of benzene rings is 1. The van der Waals surface area contributed by atoms with Gasteiger partial charge in [0.25, 0.3) is 5.91 Å². The molecule has 3 heterocycles. The second-order valence-electron chi connectivity index (χ2n) is 6.80. The average molecular weight is 424 g/mol. The van der Waals surface area contributed by atoms with E-state index in [1.807, 2.05) is 0 Å². The summed E-state index contributed by atoms with van der Waals surface area (Å²) in [6.45, 7) is 2.95. The predicted molar refractivity (Wildman–Crippen MR) is 96.2 cm³/mol. The van der Waals surface area contributed by atoms with Crippen LogP contribution in [0.2, 0.25) is 0 Å². The molecule has 2 aromatic heterocycles. The molecule has 1 aromatic carbocycles. The van der Waals surface area contributed by atoms with Gasteiger partial charge in [0, 0.05) is 19.2 Å². The number of alkyl halides is 3. The fraction of sp³-hybridized carbons (Fsp3) is 0.211. The number of carbonyl (C=O) groups is 1. The molecule has 156 valence electrons. The van der Waals surface area contributed by atoms with Crippen molar-refractivity contribution in [2.24, 2.45) is 0 Å². The van der Waals surface area contributed by atoms with Crippen LogP contribution >= 0.6 is 0 Å². The van der Waals surface area contributed by atoms with E-state index in [2.05, 4.69) is 11.6 Å². The Morgan fingerprint density at radius 2 is 1.80 bits per heavy atom. The minimum Gasteiger partial charge on any atom is -0.332 e. The van der Waals surface area contributed by atoms with Crippen LogP contribution in [0.25, 0.3) is 16.9 Å². The molecule has 0 aliphatic carbocycles. The topological polar surface area (TPSA) is 60.1 Å². The van der Waals surface area contributed by atoms with Crippen LogP contribution in [-0.4, -0.2) is 38.0 Å². The summed E-state index contributed by atoms with van der Waals surface area (Å²) in [5, 5.41) is 0. The van der Waals surface area contributed by atoms with Crippen molar-refractivity contribution in [3.63, 3.8) is 0 Å². The van der Waals surface area contributed by atoms with Gasteiger partial charge in [-0.3, -0.25) is 13.9 Å². The molecule has 11 heteroatoms. The van der Waals surface area contributed by atoms with E-state index in [-0.39, 0.29) is 29.9 Å². The van der Waals surface area contributed by atoms with Crippen LogP contribution < -0.4 is 5.69 Å². The smallest absolute Gasteiger partial charge is 0.332 e. The lowest BCUT2D eigenvalue weighted by Crippen LogP contribution is -2.52. The number of imidazole rings is 1. The van der Waals surface area contributed by atoms with Gasteiger partial charge in [0.15, 0.2) is 11.5 Å². The Morgan fingerprint density at radius 1 is 1.17 bits per heavy atom. The van der Waals surface area contributed by atoms with E-state index < -0.39 is 41.0 Å². The summed E-state index contributed by atoms with van der Waals surface area (Å²) in [4.78, 5) is 29.8. The van der Waals surface area contributed by atoms with Crippen molar-refractivity contribution in [3.8, 4) is 5.69 Å². The van der Waals surface area contributed by atoms with E-state index in [0.717, 1.165) is 46.0 Å². The maximum absolute atomic E-state index is 13.8. The molecule has 6 nitrogen and oxygen atoms in total. The number of amides is 1. The van der Waals surface area contributed by atoms with Crippen LogP contribution in [0, 0.1) is 5.82 Å². The van der Waals surface area contributed by atoms with Gasteiger partial charge >= 0.3 is 11.9 Å². The summed E-state index contributed by atoms with van der Waals surface area (Å²) in [5.41, 5.74) is -1.32. The Kier molecular flexibility index (Phi) is 4.48. The molecule has 1 saturated heterocycles. The third-order valence-electron chi connectivity index (χ3n) is 4.88. The first-order valence-electron chi connectivity index (χ1n) is 8.67. The Morgan fingerprint density at radius 3 is 2.37 bits per heavy atom. The number of aromatic nitrogens is 3. The number of hydrogen-bond acceptors (Lipinski definition) is 3. The number of hydrogen-bond donors (Lipinski definition) is 0. The Bertz CT molecular complexity index is 1220. The van der Waals surface area contributed by atoms with Gasteiger partial charge in [0.1, 0.15) is 5.82 Å². The molecule has 0 bridgehead atoms. The minimum atomic E-state index is -4.55. The van der Waals surface area contributed by atoms with Crippen LogP contribution in [-0.2, 0) is 11.0 Å². The SMILES string of the molecule is C=C(F)C(=O)N1CC(n2c(=O)n(-c3ccc(C(F)(F)F)cc3)c3cc(F)cnc32)C1. The van der Waals surface area contributed by atoms with E-state index in [9.17, 15) is 31.5 Å². The zero-order chi connectivity index (χ0) is 21.8. The highest BCUT2D eigenvalue weighted by atomic mass is 19.4. The first kappa shape index (κ1) is 19.8. The number of fused-ring (bicyclic) bond motifs is 1. The van der Waals surface area contributed by atoms with Gasteiger partial charge in [-0.2, -0.15) is 13.2 Å². The van der Waals surface area contributed by atoms with E-state index in [1.165, 1.54) is 4.57 Å². The third kappa shape index (κ3) is 3.15. The van der Waals surface area contributed by atoms with E-state index in [1.54, 1.807) is 0 Å². The molecule has 4 rings (SSSR count). The predicted octanol–water partition coefficient (Wildman–Crippen LogP) is 3.21. The molecule has 1 aliphatic rings. The first-order chi connectivity index (χ1) is 14.1. The zero-order valence-corrected chi connectivity index (χ0v) is 15.2. The van der Waals surface area contributed by atoms with Crippen LogP contribution in [0.15, 0.2) is 53.7 Å². The quantitative estimate of drug-likeness (QED) is 0.479. The molecule has 0 unspecified atom stereocenters. The lowest BCUT2D eigenvalue weighted by atomic mass is 10.1. The molecule has 1 fully saturated rings. The van der Waals surface area contributed by atoms with Gasteiger partial charge in [-0.1, -0.05) is 6.58 Å². The zero-order valence-electron chi connectivity index (χ0n) is 15.2. The van der Waals surface area contributed by atoms with Crippen molar-refractivity contribution in [3.05, 3.63) is 70.8 Å². The third-order valence-corrected chi connectivity index (χ3v) is 4.88. The average Bonchev–Trinajstić information content (AvgIpc) is 2.91. The van der Waals surface area contributed by atoms with Crippen molar-refractivity contribution >= 4 is 17.1 Å². The summed E-state index contributed by atoms with van der Waals surface area (Å²) in [6, 6.07) is 4.31. The molecule has 3 aromatic rings. The van der Waals surface area contributed by atoms with E-state index >= 15 is 0 Å². The van der Waals surface area contributed by atoms with Crippen LogP contribution in [0.1, 0.15) is 11.6 Å². The maximum Gasteiger partial charge on any atom is 0.416 e. The summed E-state index contributed by atoms with van der Waals surface area (Å²) in [7, 11) is 0. The lowest BCUT2D eigenvalue weighted by molar-refractivity contribution is -0.137. The number of pyridine rings is 1. The van der Waals surface area contributed by atoms with Crippen LogP contribution in [0.3, 0.4) is 0 Å². The Hall–Kier alpha value is -3.50. The number of rotatable bonds is 3.